The summed E-state index contributed by atoms with van der Waals surface area (Å²) in [5.74, 6) is 2.01. The summed E-state index contributed by atoms with van der Waals surface area (Å²) in [4.78, 5) is 18.9. The maximum absolute atomic E-state index is 12.0. The van der Waals surface area contributed by atoms with Crippen molar-refractivity contribution in [1.29, 1.82) is 0 Å². The summed E-state index contributed by atoms with van der Waals surface area (Å²) in [6, 6.07) is 12.0. The summed E-state index contributed by atoms with van der Waals surface area (Å²) >= 11 is 1.74. The van der Waals surface area contributed by atoms with Crippen LogP contribution in [0.1, 0.15) is 41.3 Å². The zero-order valence-electron chi connectivity index (χ0n) is 17.5. The highest BCUT2D eigenvalue weighted by molar-refractivity contribution is 7.99. The quantitative estimate of drug-likeness (QED) is 0.311. The predicted octanol–water partition coefficient (Wildman–Crippen LogP) is 4.01. The molecular formula is C23H27N5OS. The molecule has 6 nitrogen and oxygen atoms in total. The number of hydrogen-bond acceptors (Lipinski definition) is 6. The Morgan fingerprint density at radius 1 is 1.17 bits per heavy atom. The normalized spacial score (nSPS) is 13.9. The van der Waals surface area contributed by atoms with E-state index < -0.39 is 0 Å². The molecule has 0 unspecified atom stereocenters. The average molecular weight is 422 g/mol. The van der Waals surface area contributed by atoms with Gasteiger partial charge in [-0.15, -0.1) is 10.2 Å². The first-order valence-corrected chi connectivity index (χ1v) is 11.4. The van der Waals surface area contributed by atoms with E-state index in [-0.39, 0.29) is 5.78 Å². The molecule has 0 saturated heterocycles. The van der Waals surface area contributed by atoms with Crippen LogP contribution < -0.4 is 0 Å². The molecular weight excluding hydrogens is 394 g/mol. The van der Waals surface area contributed by atoms with Crippen molar-refractivity contribution in [3.8, 4) is 11.5 Å². The lowest BCUT2D eigenvalue weighted by Crippen LogP contribution is -2.31. The number of nitrogens with zero attached hydrogens (tertiary/aromatic N) is 5. The van der Waals surface area contributed by atoms with Crippen LogP contribution in [0, 0.1) is 0 Å². The number of ketones is 1. The Morgan fingerprint density at radius 2 is 2.07 bits per heavy atom. The van der Waals surface area contributed by atoms with E-state index in [0.717, 1.165) is 60.5 Å². The summed E-state index contributed by atoms with van der Waals surface area (Å²) < 4.78 is 2.01. The molecule has 0 saturated carbocycles. The summed E-state index contributed by atoms with van der Waals surface area (Å²) in [6.45, 7) is 4.97. The molecule has 0 radical (unpaired) electrons. The Hall–Kier alpha value is -2.51. The van der Waals surface area contributed by atoms with Gasteiger partial charge in [0, 0.05) is 44.1 Å². The van der Waals surface area contributed by atoms with E-state index >= 15 is 0 Å². The number of benzene rings is 1. The van der Waals surface area contributed by atoms with Gasteiger partial charge in [0.1, 0.15) is 5.69 Å². The molecule has 3 heterocycles. The molecule has 0 fully saturated rings. The molecule has 0 aliphatic carbocycles. The van der Waals surface area contributed by atoms with Crippen molar-refractivity contribution in [3.05, 3.63) is 59.3 Å². The van der Waals surface area contributed by atoms with Crippen LogP contribution in [0.25, 0.3) is 11.5 Å². The van der Waals surface area contributed by atoms with Gasteiger partial charge in [0.25, 0.3) is 0 Å². The zero-order chi connectivity index (χ0) is 20.9. The van der Waals surface area contributed by atoms with Gasteiger partial charge in [-0.1, -0.05) is 36.9 Å². The molecule has 0 bridgehead atoms. The van der Waals surface area contributed by atoms with Crippen LogP contribution in [0.15, 0.2) is 47.8 Å². The fourth-order valence-electron chi connectivity index (χ4n) is 3.79. The Morgan fingerprint density at radius 3 is 2.87 bits per heavy atom. The highest BCUT2D eigenvalue weighted by Crippen LogP contribution is 2.24. The van der Waals surface area contributed by atoms with Crippen molar-refractivity contribution in [2.45, 2.75) is 37.9 Å². The van der Waals surface area contributed by atoms with Crippen LogP contribution in [0.2, 0.25) is 0 Å². The van der Waals surface area contributed by atoms with Crippen molar-refractivity contribution in [2.75, 3.05) is 18.8 Å². The van der Waals surface area contributed by atoms with Gasteiger partial charge in [-0.2, -0.15) is 0 Å². The number of pyridine rings is 1. The number of Topliss-reactive ketones (excluding diaryl/α,β-unsaturated/α-hetero) is 1. The van der Waals surface area contributed by atoms with Gasteiger partial charge in [-0.05, 0) is 48.7 Å². The summed E-state index contributed by atoms with van der Waals surface area (Å²) in [5, 5.41) is 9.55. The number of aromatic nitrogens is 4. The van der Waals surface area contributed by atoms with E-state index in [1.165, 1.54) is 11.1 Å². The summed E-state index contributed by atoms with van der Waals surface area (Å²) in [5.41, 5.74) is 4.38. The third-order valence-electron chi connectivity index (χ3n) is 5.52. The van der Waals surface area contributed by atoms with Gasteiger partial charge in [-0.3, -0.25) is 14.7 Å². The molecule has 2 aromatic heterocycles. The highest BCUT2D eigenvalue weighted by Gasteiger charge is 2.18. The van der Waals surface area contributed by atoms with Gasteiger partial charge < -0.3 is 4.57 Å². The van der Waals surface area contributed by atoms with E-state index in [4.69, 9.17) is 0 Å². The third-order valence-corrected chi connectivity index (χ3v) is 6.63. The maximum atomic E-state index is 12.0. The van der Waals surface area contributed by atoms with E-state index in [2.05, 4.69) is 32.2 Å². The Balaban J connectivity index is 1.29. The molecule has 0 N–H and O–H groups in total. The second-order valence-corrected chi connectivity index (χ2v) is 8.63. The Labute approximate surface area is 181 Å². The highest BCUT2D eigenvalue weighted by atomic mass is 32.2. The second kappa shape index (κ2) is 9.53. The van der Waals surface area contributed by atoms with Crippen molar-refractivity contribution in [3.63, 3.8) is 0 Å². The lowest BCUT2D eigenvalue weighted by atomic mass is 9.95. The first kappa shape index (κ1) is 20.8. The Kier molecular flexibility index (Phi) is 6.59. The van der Waals surface area contributed by atoms with Gasteiger partial charge in [0.2, 0.25) is 0 Å². The average Bonchev–Trinajstić information content (AvgIpc) is 3.16. The fourth-order valence-corrected chi connectivity index (χ4v) is 4.63. The van der Waals surface area contributed by atoms with E-state index in [1.54, 1.807) is 18.0 Å². The van der Waals surface area contributed by atoms with Crippen LogP contribution in [-0.4, -0.2) is 49.3 Å². The number of hydrogen-bond donors (Lipinski definition) is 0. The van der Waals surface area contributed by atoms with Crippen LogP contribution in [0.3, 0.4) is 0 Å². The van der Waals surface area contributed by atoms with Crippen molar-refractivity contribution < 1.29 is 4.79 Å². The minimum absolute atomic E-state index is 0.222. The lowest BCUT2D eigenvalue weighted by Gasteiger charge is -2.29. The summed E-state index contributed by atoms with van der Waals surface area (Å²) in [6.07, 6.45) is 4.47. The molecule has 30 heavy (non-hydrogen) atoms. The second-order valence-electron chi connectivity index (χ2n) is 7.57. The number of carbonyl (C=O) groups excluding carboxylic acids is 1. The lowest BCUT2D eigenvalue weighted by molar-refractivity contribution is 0.0988. The first-order valence-electron chi connectivity index (χ1n) is 10.5. The topological polar surface area (TPSA) is 63.9 Å². The zero-order valence-corrected chi connectivity index (χ0v) is 18.4. The van der Waals surface area contributed by atoms with Crippen molar-refractivity contribution in [2.24, 2.45) is 7.05 Å². The van der Waals surface area contributed by atoms with E-state index in [9.17, 15) is 4.79 Å². The first-order chi connectivity index (χ1) is 14.7. The van der Waals surface area contributed by atoms with Gasteiger partial charge in [0.15, 0.2) is 16.8 Å². The van der Waals surface area contributed by atoms with Crippen LogP contribution in [-0.2, 0) is 20.0 Å². The molecule has 4 rings (SSSR count). The smallest absolute Gasteiger partial charge is 0.191 e. The Bertz CT molecular complexity index is 1020. The molecule has 7 heteroatoms. The van der Waals surface area contributed by atoms with Crippen LogP contribution >= 0.6 is 11.8 Å². The molecule has 1 aliphatic rings. The number of fused-ring (bicyclic) bond motifs is 1. The van der Waals surface area contributed by atoms with Crippen LogP contribution in [0.5, 0.6) is 0 Å². The summed E-state index contributed by atoms with van der Waals surface area (Å²) in [7, 11) is 1.99. The molecule has 0 atom stereocenters. The van der Waals surface area contributed by atoms with Crippen molar-refractivity contribution >= 4 is 17.5 Å². The van der Waals surface area contributed by atoms with E-state index in [1.807, 2.05) is 42.8 Å². The fraction of sp³-hybridized carbons (Fsp3) is 0.391. The van der Waals surface area contributed by atoms with E-state index in [0.29, 0.717) is 6.42 Å². The number of carbonyl (C=O) groups is 1. The number of rotatable bonds is 8. The SMILES string of the molecule is CCC(=O)c1ccc2c(c1)CN(CCCSc1nnc(-c3ccccn3)n1C)CC2. The van der Waals surface area contributed by atoms with Crippen LogP contribution in [0.4, 0.5) is 0 Å². The van der Waals surface area contributed by atoms with Crippen molar-refractivity contribution in [1.82, 2.24) is 24.6 Å². The molecule has 0 amide bonds. The monoisotopic (exact) mass is 421 g/mol. The molecule has 3 aromatic rings. The van der Waals surface area contributed by atoms with Gasteiger partial charge in [-0.25, -0.2) is 0 Å². The molecule has 0 spiro atoms. The predicted molar refractivity (Wildman–Crippen MR) is 120 cm³/mol. The minimum Gasteiger partial charge on any atom is -0.304 e. The maximum Gasteiger partial charge on any atom is 0.191 e. The molecule has 156 valence electrons. The standard InChI is InChI=1S/C23H27N5OS/c1-3-21(29)18-9-8-17-10-13-28(16-19(17)15-18)12-6-14-30-23-26-25-22(27(23)2)20-7-4-5-11-24-20/h4-5,7-9,11,15H,3,6,10,12-14,16H2,1-2H3. The van der Waals surface area contributed by atoms with Gasteiger partial charge >= 0.3 is 0 Å². The number of thioether (sulfide) groups is 1. The molecule has 1 aromatic carbocycles. The minimum atomic E-state index is 0.222. The molecule has 1 aliphatic heterocycles. The van der Waals surface area contributed by atoms with Gasteiger partial charge in [0.05, 0.1) is 0 Å². The largest absolute Gasteiger partial charge is 0.304 e. The third kappa shape index (κ3) is 4.63.